The van der Waals surface area contributed by atoms with Crippen molar-refractivity contribution in [2.75, 3.05) is 11.9 Å². The van der Waals surface area contributed by atoms with Gasteiger partial charge in [-0.2, -0.15) is 0 Å². The van der Waals surface area contributed by atoms with Crippen LogP contribution in [0.1, 0.15) is 19.8 Å². The molecule has 1 atom stereocenters. The van der Waals surface area contributed by atoms with Gasteiger partial charge in [-0.15, -0.1) is 0 Å². The number of carbonyl (C=O) groups excluding carboxylic acids is 2. The maximum atomic E-state index is 12.0. The molecule has 7 heteroatoms. The first-order chi connectivity index (χ1) is 9.52. The molecule has 0 spiro atoms. The molecule has 1 N–H and O–H groups in total. The van der Waals surface area contributed by atoms with Gasteiger partial charge < -0.3 is 5.32 Å². The number of amides is 2. The number of rotatable bonds is 5. The molecule has 1 aliphatic rings. The summed E-state index contributed by atoms with van der Waals surface area (Å²) in [7, 11) is 0. The van der Waals surface area contributed by atoms with E-state index >= 15 is 0 Å². The monoisotopic (exact) mass is 277 g/mol. The highest BCUT2D eigenvalue weighted by Gasteiger charge is 2.37. The van der Waals surface area contributed by atoms with Crippen LogP contribution in [0.15, 0.2) is 24.3 Å². The minimum Gasteiger partial charge on any atom is -0.373 e. The zero-order chi connectivity index (χ0) is 14.7. The average molecular weight is 277 g/mol. The fourth-order valence-electron chi connectivity index (χ4n) is 2.13. The van der Waals surface area contributed by atoms with E-state index in [1.807, 2.05) is 6.92 Å². The highest BCUT2D eigenvalue weighted by atomic mass is 16.6. The van der Waals surface area contributed by atoms with E-state index in [1.165, 1.54) is 29.2 Å². The summed E-state index contributed by atoms with van der Waals surface area (Å²) in [4.78, 5) is 35.0. The number of nitrogens with zero attached hydrogens (tertiary/aromatic N) is 2. The Morgan fingerprint density at radius 1 is 1.35 bits per heavy atom. The van der Waals surface area contributed by atoms with Gasteiger partial charge in [-0.1, -0.05) is 6.92 Å². The Hall–Kier alpha value is -2.44. The van der Waals surface area contributed by atoms with Gasteiger partial charge in [-0.25, -0.2) is 0 Å². The molecule has 0 saturated carbocycles. The number of nitrogens with one attached hydrogen (secondary N) is 1. The van der Waals surface area contributed by atoms with E-state index in [4.69, 9.17) is 0 Å². The van der Waals surface area contributed by atoms with Gasteiger partial charge in [0.1, 0.15) is 6.04 Å². The van der Waals surface area contributed by atoms with Crippen molar-refractivity contribution in [3.63, 3.8) is 0 Å². The van der Waals surface area contributed by atoms with Crippen molar-refractivity contribution < 1.29 is 14.5 Å². The van der Waals surface area contributed by atoms with Gasteiger partial charge in [0.25, 0.3) is 11.6 Å². The van der Waals surface area contributed by atoms with E-state index in [-0.39, 0.29) is 23.9 Å². The number of nitro groups is 1. The van der Waals surface area contributed by atoms with Gasteiger partial charge in [0.15, 0.2) is 0 Å². The van der Waals surface area contributed by atoms with Gasteiger partial charge in [0.2, 0.25) is 5.91 Å². The second-order valence-corrected chi connectivity index (χ2v) is 4.59. The summed E-state index contributed by atoms with van der Waals surface area (Å²) in [6, 6.07) is 5.17. The summed E-state index contributed by atoms with van der Waals surface area (Å²) in [5, 5.41) is 13.5. The number of non-ortho nitro benzene ring substituents is 1. The molecule has 1 unspecified atom stereocenters. The van der Waals surface area contributed by atoms with Crippen molar-refractivity contribution in [2.24, 2.45) is 0 Å². The minimum absolute atomic E-state index is 0.0167. The summed E-state index contributed by atoms with van der Waals surface area (Å²) in [6.07, 6.45) is 0.845. The molecule has 0 aliphatic carbocycles. The number of likely N-dealkylation sites (tertiary alicyclic amines) is 1. The van der Waals surface area contributed by atoms with Crippen LogP contribution in [0, 0.1) is 10.1 Å². The Balaban J connectivity index is 2.05. The van der Waals surface area contributed by atoms with Crippen LogP contribution in [0.5, 0.6) is 0 Å². The van der Waals surface area contributed by atoms with Gasteiger partial charge in [0, 0.05) is 24.4 Å². The molecule has 0 radical (unpaired) electrons. The van der Waals surface area contributed by atoms with Crippen molar-refractivity contribution in [2.45, 2.75) is 25.8 Å². The van der Waals surface area contributed by atoms with Crippen LogP contribution >= 0.6 is 0 Å². The summed E-state index contributed by atoms with van der Waals surface area (Å²) in [5.74, 6) is -0.425. The molecule has 1 fully saturated rings. The Labute approximate surface area is 115 Å². The number of imide groups is 1. The lowest BCUT2D eigenvalue weighted by Gasteiger charge is -2.14. The smallest absolute Gasteiger partial charge is 0.269 e. The summed E-state index contributed by atoms with van der Waals surface area (Å²) < 4.78 is 0. The topological polar surface area (TPSA) is 92.6 Å². The van der Waals surface area contributed by atoms with Gasteiger partial charge >= 0.3 is 0 Å². The first-order valence-electron chi connectivity index (χ1n) is 6.38. The number of anilines is 1. The van der Waals surface area contributed by atoms with E-state index in [0.29, 0.717) is 12.2 Å². The number of carbonyl (C=O) groups is 2. The third kappa shape index (κ3) is 2.76. The van der Waals surface area contributed by atoms with Crippen molar-refractivity contribution in [3.05, 3.63) is 34.4 Å². The molecular formula is C13H15N3O4. The lowest BCUT2D eigenvalue weighted by Crippen LogP contribution is -2.35. The standard InChI is InChI=1S/C13H15N3O4/c1-2-7-15-12(17)8-11(13(15)18)14-9-3-5-10(6-4-9)16(19)20/h3-6,11,14H,2,7-8H2,1H3. The van der Waals surface area contributed by atoms with Crippen LogP contribution in [-0.4, -0.2) is 34.2 Å². The third-order valence-electron chi connectivity index (χ3n) is 3.11. The number of hydrogen-bond acceptors (Lipinski definition) is 5. The van der Waals surface area contributed by atoms with E-state index < -0.39 is 11.0 Å². The van der Waals surface area contributed by atoms with Crippen LogP contribution in [0.25, 0.3) is 0 Å². The van der Waals surface area contributed by atoms with Crippen LogP contribution in [-0.2, 0) is 9.59 Å². The van der Waals surface area contributed by atoms with Gasteiger partial charge in [0.05, 0.1) is 11.3 Å². The normalized spacial score (nSPS) is 18.4. The fraction of sp³-hybridized carbons (Fsp3) is 0.385. The zero-order valence-corrected chi connectivity index (χ0v) is 11.0. The largest absolute Gasteiger partial charge is 0.373 e. The van der Waals surface area contributed by atoms with Crippen LogP contribution in [0.3, 0.4) is 0 Å². The Kier molecular flexibility index (Phi) is 3.97. The molecule has 1 aromatic rings. The van der Waals surface area contributed by atoms with Crippen molar-refractivity contribution >= 4 is 23.2 Å². The molecule has 1 aliphatic heterocycles. The molecular weight excluding hydrogens is 262 g/mol. The zero-order valence-electron chi connectivity index (χ0n) is 11.0. The Morgan fingerprint density at radius 3 is 2.55 bits per heavy atom. The van der Waals surface area contributed by atoms with E-state index in [0.717, 1.165) is 6.42 Å². The fourth-order valence-corrected chi connectivity index (χ4v) is 2.13. The molecule has 7 nitrogen and oxygen atoms in total. The summed E-state index contributed by atoms with van der Waals surface area (Å²) >= 11 is 0. The quantitative estimate of drug-likeness (QED) is 0.500. The molecule has 2 amide bonds. The maximum Gasteiger partial charge on any atom is 0.269 e. The Bertz CT molecular complexity index is 541. The Morgan fingerprint density at radius 2 is 2.00 bits per heavy atom. The predicted molar refractivity (Wildman–Crippen MR) is 72.1 cm³/mol. The molecule has 0 aromatic heterocycles. The van der Waals surface area contributed by atoms with Crippen LogP contribution in [0.4, 0.5) is 11.4 Å². The number of hydrogen-bond donors (Lipinski definition) is 1. The highest BCUT2D eigenvalue weighted by Crippen LogP contribution is 2.20. The lowest BCUT2D eigenvalue weighted by molar-refractivity contribution is -0.384. The molecule has 0 bridgehead atoms. The highest BCUT2D eigenvalue weighted by molar-refractivity contribution is 6.06. The number of benzene rings is 1. The molecule has 106 valence electrons. The van der Waals surface area contributed by atoms with Crippen LogP contribution in [0.2, 0.25) is 0 Å². The van der Waals surface area contributed by atoms with Crippen LogP contribution < -0.4 is 5.32 Å². The third-order valence-corrected chi connectivity index (χ3v) is 3.11. The minimum atomic E-state index is -0.587. The predicted octanol–water partition coefficient (Wildman–Crippen LogP) is 1.54. The van der Waals surface area contributed by atoms with E-state index in [2.05, 4.69) is 5.32 Å². The second-order valence-electron chi connectivity index (χ2n) is 4.59. The second kappa shape index (κ2) is 5.68. The SMILES string of the molecule is CCCN1C(=O)CC(Nc2ccc([N+](=O)[O-])cc2)C1=O. The molecule has 1 saturated heterocycles. The maximum absolute atomic E-state index is 12.0. The number of nitro benzene ring substituents is 1. The van der Waals surface area contributed by atoms with E-state index in [9.17, 15) is 19.7 Å². The summed E-state index contributed by atoms with van der Waals surface area (Å²) in [5.41, 5.74) is 0.567. The molecule has 2 rings (SSSR count). The molecule has 20 heavy (non-hydrogen) atoms. The van der Waals surface area contributed by atoms with Gasteiger partial charge in [-0.3, -0.25) is 24.6 Å². The lowest BCUT2D eigenvalue weighted by atomic mass is 10.2. The first-order valence-corrected chi connectivity index (χ1v) is 6.38. The summed E-state index contributed by atoms with van der Waals surface area (Å²) in [6.45, 7) is 2.33. The molecule has 1 heterocycles. The first kappa shape index (κ1) is 14.0. The average Bonchev–Trinajstić information content (AvgIpc) is 2.67. The van der Waals surface area contributed by atoms with Gasteiger partial charge in [-0.05, 0) is 18.6 Å². The van der Waals surface area contributed by atoms with Crippen molar-refractivity contribution in [3.8, 4) is 0 Å². The van der Waals surface area contributed by atoms with Crippen molar-refractivity contribution in [1.29, 1.82) is 0 Å². The van der Waals surface area contributed by atoms with E-state index in [1.54, 1.807) is 0 Å². The van der Waals surface area contributed by atoms with Crippen molar-refractivity contribution in [1.82, 2.24) is 4.90 Å². The molecule has 1 aromatic carbocycles.